The molecule has 2 rings (SSSR count). The van der Waals surface area contributed by atoms with Gasteiger partial charge < -0.3 is 15.8 Å². The second-order valence-electron chi connectivity index (χ2n) is 4.76. The molecule has 0 spiro atoms. The van der Waals surface area contributed by atoms with E-state index < -0.39 is 0 Å². The van der Waals surface area contributed by atoms with Gasteiger partial charge in [0.15, 0.2) is 16.6 Å². The smallest absolute Gasteiger partial charge is 0.197 e. The summed E-state index contributed by atoms with van der Waals surface area (Å²) < 4.78 is 9.38. The molecule has 5 heteroatoms. The zero-order valence-corrected chi connectivity index (χ0v) is 11.3. The van der Waals surface area contributed by atoms with Crippen LogP contribution in [0.15, 0.2) is 0 Å². The van der Waals surface area contributed by atoms with E-state index in [0.717, 1.165) is 10.9 Å². The largest absolute Gasteiger partial charge is 0.490 e. The van der Waals surface area contributed by atoms with Crippen molar-refractivity contribution in [2.75, 3.05) is 18.2 Å². The van der Waals surface area contributed by atoms with Crippen LogP contribution >= 0.6 is 11.5 Å². The minimum Gasteiger partial charge on any atom is -0.490 e. The summed E-state index contributed by atoms with van der Waals surface area (Å²) >= 11 is 1.38. The summed E-state index contributed by atoms with van der Waals surface area (Å²) in [5.41, 5.74) is 5.74. The van der Waals surface area contributed by atoms with Crippen LogP contribution in [0.5, 0.6) is 5.75 Å². The van der Waals surface area contributed by atoms with Gasteiger partial charge in [-0.1, -0.05) is 19.3 Å². The van der Waals surface area contributed by atoms with Crippen molar-refractivity contribution < 1.29 is 4.74 Å². The average molecular weight is 255 g/mol. The normalized spacial score (nSPS) is 18.9. The highest BCUT2D eigenvalue weighted by atomic mass is 32.1. The third-order valence-electron chi connectivity index (χ3n) is 3.59. The zero-order valence-electron chi connectivity index (χ0n) is 10.5. The lowest BCUT2D eigenvalue weighted by molar-refractivity contribution is 0.328. The summed E-state index contributed by atoms with van der Waals surface area (Å²) in [7, 11) is 1.64. The summed E-state index contributed by atoms with van der Waals surface area (Å²) in [6.45, 7) is 2.24. The predicted molar refractivity (Wildman–Crippen MR) is 72.7 cm³/mol. The number of methoxy groups -OCH3 is 1. The van der Waals surface area contributed by atoms with Gasteiger partial charge in [0.25, 0.3) is 0 Å². The monoisotopic (exact) mass is 255 g/mol. The quantitative estimate of drug-likeness (QED) is 0.868. The van der Waals surface area contributed by atoms with Gasteiger partial charge in [-0.2, -0.15) is 4.37 Å². The first-order valence-corrected chi connectivity index (χ1v) is 7.05. The first-order valence-electron chi connectivity index (χ1n) is 6.28. The molecule has 1 fully saturated rings. The van der Waals surface area contributed by atoms with Gasteiger partial charge in [0.1, 0.15) is 0 Å². The summed E-state index contributed by atoms with van der Waals surface area (Å²) in [5.74, 6) is 1.94. The van der Waals surface area contributed by atoms with Gasteiger partial charge >= 0.3 is 0 Å². The molecule has 0 radical (unpaired) electrons. The standard InChI is InChI=1S/C12H21N3OS/c1-8(9-6-4-3-5-7-9)14-12-10(16-2)11(13)15-17-12/h8-9,14H,3-7H2,1-2H3,(H2,13,15). The first kappa shape index (κ1) is 12.5. The average Bonchev–Trinajstić information content (AvgIpc) is 2.71. The molecule has 96 valence electrons. The van der Waals surface area contributed by atoms with Crippen LogP contribution in [0.4, 0.5) is 10.8 Å². The number of aromatic nitrogens is 1. The Balaban J connectivity index is 1.99. The molecule has 1 heterocycles. The van der Waals surface area contributed by atoms with Crippen LogP contribution in [0.1, 0.15) is 39.0 Å². The maximum atomic E-state index is 5.74. The highest BCUT2D eigenvalue weighted by molar-refractivity contribution is 7.11. The molecule has 1 aromatic rings. The Morgan fingerprint density at radius 2 is 2.12 bits per heavy atom. The van der Waals surface area contributed by atoms with E-state index >= 15 is 0 Å². The molecule has 0 aliphatic heterocycles. The molecular weight excluding hydrogens is 234 g/mol. The number of nitrogens with zero attached hydrogens (tertiary/aromatic N) is 1. The number of hydrogen-bond acceptors (Lipinski definition) is 5. The Labute approximate surface area is 107 Å². The number of hydrogen-bond donors (Lipinski definition) is 2. The molecule has 1 atom stereocenters. The van der Waals surface area contributed by atoms with Crippen LogP contribution in [-0.4, -0.2) is 17.5 Å². The van der Waals surface area contributed by atoms with Gasteiger partial charge in [-0.05, 0) is 37.2 Å². The fourth-order valence-electron chi connectivity index (χ4n) is 2.54. The van der Waals surface area contributed by atoms with E-state index in [9.17, 15) is 0 Å². The molecule has 17 heavy (non-hydrogen) atoms. The van der Waals surface area contributed by atoms with Crippen molar-refractivity contribution in [2.45, 2.75) is 45.1 Å². The topological polar surface area (TPSA) is 60.2 Å². The fourth-order valence-corrected chi connectivity index (χ4v) is 3.32. The minimum absolute atomic E-state index is 0.462. The lowest BCUT2D eigenvalue weighted by atomic mass is 9.84. The summed E-state index contributed by atoms with van der Waals surface area (Å²) in [6.07, 6.45) is 6.76. The fraction of sp³-hybridized carbons (Fsp3) is 0.750. The molecule has 0 bridgehead atoms. The molecule has 0 saturated heterocycles. The number of rotatable bonds is 4. The lowest BCUT2D eigenvalue weighted by Gasteiger charge is -2.28. The number of ether oxygens (including phenoxy) is 1. The van der Waals surface area contributed by atoms with E-state index in [4.69, 9.17) is 10.5 Å². The number of anilines is 2. The van der Waals surface area contributed by atoms with Crippen molar-refractivity contribution in [2.24, 2.45) is 5.92 Å². The Kier molecular flexibility index (Phi) is 4.10. The third kappa shape index (κ3) is 2.83. The molecule has 0 amide bonds. The highest BCUT2D eigenvalue weighted by Crippen LogP contribution is 2.37. The molecule has 4 nitrogen and oxygen atoms in total. The molecule has 1 aromatic heterocycles. The van der Waals surface area contributed by atoms with E-state index in [2.05, 4.69) is 16.6 Å². The van der Waals surface area contributed by atoms with Crippen molar-refractivity contribution in [3.63, 3.8) is 0 Å². The minimum atomic E-state index is 0.462. The van der Waals surface area contributed by atoms with Crippen molar-refractivity contribution in [1.29, 1.82) is 0 Å². The summed E-state index contributed by atoms with van der Waals surface area (Å²) in [5, 5.41) is 4.46. The van der Waals surface area contributed by atoms with Crippen LogP contribution < -0.4 is 15.8 Å². The second-order valence-corrected chi connectivity index (χ2v) is 5.53. The van der Waals surface area contributed by atoms with Crippen LogP contribution in [0.2, 0.25) is 0 Å². The first-order chi connectivity index (χ1) is 8.22. The SMILES string of the molecule is COc1c(N)nsc1NC(C)C1CCCCC1. The van der Waals surface area contributed by atoms with Crippen LogP contribution in [0.25, 0.3) is 0 Å². The van der Waals surface area contributed by atoms with E-state index in [0.29, 0.717) is 17.6 Å². The van der Waals surface area contributed by atoms with E-state index in [1.807, 2.05) is 0 Å². The number of nitrogens with two attached hydrogens (primary N) is 1. The van der Waals surface area contributed by atoms with Gasteiger partial charge in [-0.25, -0.2) is 0 Å². The third-order valence-corrected chi connectivity index (χ3v) is 4.37. The van der Waals surface area contributed by atoms with Gasteiger partial charge in [0, 0.05) is 6.04 Å². The van der Waals surface area contributed by atoms with Gasteiger partial charge in [0.2, 0.25) is 0 Å². The Bertz CT molecular complexity index is 361. The van der Waals surface area contributed by atoms with Gasteiger partial charge in [-0.15, -0.1) is 0 Å². The molecule has 1 saturated carbocycles. The molecule has 1 aliphatic rings. The van der Waals surface area contributed by atoms with Crippen molar-refractivity contribution in [1.82, 2.24) is 4.37 Å². The molecule has 0 aromatic carbocycles. The maximum absolute atomic E-state index is 5.74. The molecule has 1 unspecified atom stereocenters. The number of nitrogens with one attached hydrogen (secondary N) is 1. The Morgan fingerprint density at radius 3 is 2.76 bits per heavy atom. The van der Waals surface area contributed by atoms with Crippen molar-refractivity contribution in [3.05, 3.63) is 0 Å². The Morgan fingerprint density at radius 1 is 1.41 bits per heavy atom. The summed E-state index contributed by atoms with van der Waals surface area (Å²) in [4.78, 5) is 0. The Hall–Kier alpha value is -0.970. The maximum Gasteiger partial charge on any atom is 0.197 e. The van der Waals surface area contributed by atoms with Crippen molar-refractivity contribution in [3.8, 4) is 5.75 Å². The molecular formula is C12H21N3OS. The van der Waals surface area contributed by atoms with Crippen LogP contribution in [-0.2, 0) is 0 Å². The summed E-state index contributed by atoms with van der Waals surface area (Å²) in [6, 6.07) is 0.462. The van der Waals surface area contributed by atoms with E-state index in [1.54, 1.807) is 7.11 Å². The van der Waals surface area contributed by atoms with E-state index in [1.165, 1.54) is 43.6 Å². The number of nitrogen functional groups attached to an aromatic ring is 1. The van der Waals surface area contributed by atoms with Crippen molar-refractivity contribution >= 4 is 22.4 Å². The van der Waals surface area contributed by atoms with Crippen LogP contribution in [0, 0.1) is 5.92 Å². The van der Waals surface area contributed by atoms with Gasteiger partial charge in [0.05, 0.1) is 7.11 Å². The molecule has 3 N–H and O–H groups in total. The predicted octanol–water partition coefficient (Wildman–Crippen LogP) is 3.11. The molecule has 1 aliphatic carbocycles. The van der Waals surface area contributed by atoms with Crippen LogP contribution in [0.3, 0.4) is 0 Å². The van der Waals surface area contributed by atoms with E-state index in [-0.39, 0.29) is 0 Å². The van der Waals surface area contributed by atoms with Gasteiger partial charge in [-0.3, -0.25) is 0 Å². The second kappa shape index (κ2) is 5.58. The lowest BCUT2D eigenvalue weighted by Crippen LogP contribution is -2.27. The zero-order chi connectivity index (χ0) is 12.3. The highest BCUT2D eigenvalue weighted by Gasteiger charge is 2.22.